The number of carbonyl (C=O) groups is 1. The van der Waals surface area contributed by atoms with Crippen molar-refractivity contribution in [3.63, 3.8) is 0 Å². The second-order valence-electron chi connectivity index (χ2n) is 6.71. The molecule has 132 valence electrons. The van der Waals surface area contributed by atoms with Crippen molar-refractivity contribution in [1.29, 1.82) is 0 Å². The van der Waals surface area contributed by atoms with Crippen molar-refractivity contribution in [3.05, 3.63) is 29.2 Å². The second-order valence-corrected chi connectivity index (χ2v) is 7.80. The third-order valence-corrected chi connectivity index (χ3v) is 5.82. The van der Waals surface area contributed by atoms with E-state index in [0.29, 0.717) is 6.54 Å². The van der Waals surface area contributed by atoms with Crippen molar-refractivity contribution < 1.29 is 4.79 Å². The van der Waals surface area contributed by atoms with Crippen LogP contribution in [0.4, 0.5) is 10.9 Å². The molecule has 1 atom stereocenters. The summed E-state index contributed by atoms with van der Waals surface area (Å²) in [6.45, 7) is 3.55. The molecule has 8 heteroatoms. The molecule has 0 aromatic carbocycles. The Morgan fingerprint density at radius 3 is 3.12 bits per heavy atom. The molecule has 1 N–H and O–H groups in total. The number of anilines is 2. The highest BCUT2D eigenvalue weighted by molar-refractivity contribution is 7.15. The summed E-state index contributed by atoms with van der Waals surface area (Å²) in [5, 5.41) is 3.78. The highest BCUT2D eigenvalue weighted by atomic mass is 32.1. The van der Waals surface area contributed by atoms with Gasteiger partial charge in [0.15, 0.2) is 5.13 Å². The molecule has 1 fully saturated rings. The van der Waals surface area contributed by atoms with Gasteiger partial charge in [-0.3, -0.25) is 9.78 Å². The first-order valence-corrected chi connectivity index (χ1v) is 9.49. The van der Waals surface area contributed by atoms with Crippen molar-refractivity contribution in [1.82, 2.24) is 19.9 Å². The van der Waals surface area contributed by atoms with Gasteiger partial charge in [-0.15, -0.1) is 11.3 Å². The third-order valence-electron chi connectivity index (χ3n) is 4.82. The van der Waals surface area contributed by atoms with Gasteiger partial charge in [0.05, 0.1) is 17.8 Å². The summed E-state index contributed by atoms with van der Waals surface area (Å²) in [4.78, 5) is 31.5. The van der Waals surface area contributed by atoms with E-state index >= 15 is 0 Å². The molecular weight excluding hydrogens is 336 g/mol. The van der Waals surface area contributed by atoms with Crippen LogP contribution in [-0.2, 0) is 17.8 Å². The summed E-state index contributed by atoms with van der Waals surface area (Å²) in [6.07, 6.45) is 7.95. The van der Waals surface area contributed by atoms with E-state index in [-0.39, 0.29) is 11.8 Å². The van der Waals surface area contributed by atoms with E-state index in [1.54, 1.807) is 29.9 Å². The molecule has 2 aromatic heterocycles. The maximum atomic E-state index is 12.7. The van der Waals surface area contributed by atoms with Gasteiger partial charge in [-0.2, -0.15) is 0 Å². The molecular formula is C17H22N6OS. The summed E-state index contributed by atoms with van der Waals surface area (Å²) in [5.41, 5.74) is 1.14. The number of piperidine rings is 1. The van der Waals surface area contributed by atoms with E-state index in [2.05, 4.69) is 37.1 Å². The molecule has 0 spiro atoms. The van der Waals surface area contributed by atoms with Crippen LogP contribution >= 0.6 is 11.3 Å². The summed E-state index contributed by atoms with van der Waals surface area (Å²) in [6, 6.07) is 0. The molecule has 1 unspecified atom stereocenters. The van der Waals surface area contributed by atoms with Crippen molar-refractivity contribution in [2.24, 2.45) is 5.92 Å². The molecule has 4 rings (SSSR count). The van der Waals surface area contributed by atoms with Gasteiger partial charge in [-0.25, -0.2) is 9.97 Å². The van der Waals surface area contributed by atoms with Crippen LogP contribution < -0.4 is 10.2 Å². The second kappa shape index (κ2) is 7.05. The average Bonchev–Trinajstić information content (AvgIpc) is 3.04. The number of thiazole rings is 1. The zero-order chi connectivity index (χ0) is 17.2. The Bertz CT molecular complexity index is 749. The Balaban J connectivity index is 1.41. The quantitative estimate of drug-likeness (QED) is 0.901. The zero-order valence-electron chi connectivity index (χ0n) is 14.3. The van der Waals surface area contributed by atoms with Gasteiger partial charge in [0.2, 0.25) is 5.91 Å². The molecule has 7 nitrogen and oxygen atoms in total. The third kappa shape index (κ3) is 3.64. The predicted molar refractivity (Wildman–Crippen MR) is 97.8 cm³/mol. The Morgan fingerprint density at radius 1 is 1.36 bits per heavy atom. The van der Waals surface area contributed by atoms with Gasteiger partial charge in [0.1, 0.15) is 5.82 Å². The van der Waals surface area contributed by atoms with Gasteiger partial charge in [0.25, 0.3) is 0 Å². The summed E-state index contributed by atoms with van der Waals surface area (Å²) < 4.78 is 0. The first-order chi connectivity index (χ1) is 12.2. The van der Waals surface area contributed by atoms with Gasteiger partial charge in [-0.05, 0) is 19.9 Å². The Hall–Kier alpha value is -2.06. The molecule has 0 radical (unpaired) electrons. The molecule has 25 heavy (non-hydrogen) atoms. The number of likely N-dealkylation sites (N-methyl/N-ethyl adjacent to an activating group) is 1. The van der Waals surface area contributed by atoms with Crippen LogP contribution in [-0.4, -0.2) is 52.4 Å². The van der Waals surface area contributed by atoms with Crippen molar-refractivity contribution >= 4 is 28.2 Å². The fourth-order valence-corrected chi connectivity index (χ4v) is 4.53. The number of nitrogens with one attached hydrogen (secondary N) is 1. The monoisotopic (exact) mass is 358 g/mol. The van der Waals surface area contributed by atoms with Gasteiger partial charge in [0, 0.05) is 49.9 Å². The minimum atomic E-state index is -0.0423. The van der Waals surface area contributed by atoms with Crippen molar-refractivity contribution in [3.8, 4) is 0 Å². The summed E-state index contributed by atoms with van der Waals surface area (Å²) >= 11 is 1.61. The van der Waals surface area contributed by atoms with Crippen LogP contribution in [0.3, 0.4) is 0 Å². The maximum Gasteiger partial charge on any atom is 0.231 e. The Morgan fingerprint density at radius 2 is 2.28 bits per heavy atom. The van der Waals surface area contributed by atoms with Crippen LogP contribution in [0.1, 0.15) is 23.4 Å². The standard InChI is InChI=1S/C17H22N6OS/c1-22-8-4-13-14(11-22)25-17(20-13)21-16(24)12-3-2-7-23(10-12)15-9-18-5-6-19-15/h5-6,9,12H,2-4,7-8,10-11H2,1H3,(H,20,21,24). The fourth-order valence-electron chi connectivity index (χ4n) is 3.44. The van der Waals surface area contributed by atoms with Crippen LogP contribution in [0.5, 0.6) is 0 Å². The lowest BCUT2D eigenvalue weighted by atomic mass is 9.97. The highest BCUT2D eigenvalue weighted by Crippen LogP contribution is 2.29. The smallest absolute Gasteiger partial charge is 0.231 e. The largest absolute Gasteiger partial charge is 0.355 e. The van der Waals surface area contributed by atoms with Crippen LogP contribution in [0.2, 0.25) is 0 Å². The molecule has 2 aromatic rings. The average molecular weight is 358 g/mol. The number of hydrogen-bond acceptors (Lipinski definition) is 7. The predicted octanol–water partition coefficient (Wildman–Crippen LogP) is 1.78. The number of amides is 1. The topological polar surface area (TPSA) is 74.2 Å². The van der Waals surface area contributed by atoms with E-state index in [4.69, 9.17) is 0 Å². The first-order valence-electron chi connectivity index (χ1n) is 8.68. The lowest BCUT2D eigenvalue weighted by Crippen LogP contribution is -2.41. The minimum absolute atomic E-state index is 0.0423. The molecule has 1 saturated heterocycles. The molecule has 0 bridgehead atoms. The maximum absolute atomic E-state index is 12.7. The molecule has 2 aliphatic heterocycles. The van der Waals surface area contributed by atoms with E-state index in [1.165, 1.54) is 4.88 Å². The SMILES string of the molecule is CN1CCc2nc(NC(=O)C3CCCN(c4cnccn4)C3)sc2C1. The van der Waals surface area contributed by atoms with Gasteiger partial charge < -0.3 is 15.1 Å². The number of fused-ring (bicyclic) bond motifs is 1. The van der Waals surface area contributed by atoms with Crippen LogP contribution in [0, 0.1) is 5.92 Å². The van der Waals surface area contributed by atoms with Crippen LogP contribution in [0.25, 0.3) is 0 Å². The number of rotatable bonds is 3. The van der Waals surface area contributed by atoms with E-state index < -0.39 is 0 Å². The lowest BCUT2D eigenvalue weighted by molar-refractivity contribution is -0.120. The van der Waals surface area contributed by atoms with E-state index in [0.717, 1.165) is 55.5 Å². The first kappa shape index (κ1) is 16.4. The Kier molecular flexibility index (Phi) is 4.63. The zero-order valence-corrected chi connectivity index (χ0v) is 15.1. The number of aromatic nitrogens is 3. The molecule has 2 aliphatic rings. The molecule has 1 amide bonds. The number of nitrogens with zero attached hydrogens (tertiary/aromatic N) is 5. The molecule has 0 aliphatic carbocycles. The van der Waals surface area contributed by atoms with Gasteiger partial charge in [-0.1, -0.05) is 0 Å². The van der Waals surface area contributed by atoms with Gasteiger partial charge >= 0.3 is 0 Å². The fraction of sp³-hybridized carbons (Fsp3) is 0.529. The molecule has 4 heterocycles. The lowest BCUT2D eigenvalue weighted by Gasteiger charge is -2.32. The van der Waals surface area contributed by atoms with E-state index in [9.17, 15) is 4.79 Å². The van der Waals surface area contributed by atoms with E-state index in [1.807, 2.05) is 0 Å². The molecule has 0 saturated carbocycles. The summed E-state index contributed by atoms with van der Waals surface area (Å²) in [5.74, 6) is 0.861. The number of carbonyl (C=O) groups excluding carboxylic acids is 1. The van der Waals surface area contributed by atoms with Crippen molar-refractivity contribution in [2.75, 3.05) is 36.9 Å². The summed E-state index contributed by atoms with van der Waals surface area (Å²) in [7, 11) is 2.12. The van der Waals surface area contributed by atoms with Crippen molar-refractivity contribution in [2.45, 2.75) is 25.8 Å². The van der Waals surface area contributed by atoms with Crippen LogP contribution in [0.15, 0.2) is 18.6 Å². The highest BCUT2D eigenvalue weighted by Gasteiger charge is 2.28. The normalized spacial score (nSPS) is 21.0. The Labute approximate surface area is 151 Å². The minimum Gasteiger partial charge on any atom is -0.355 e. The number of hydrogen-bond donors (Lipinski definition) is 1.